The normalized spacial score (nSPS) is 9.65. The number of nitrogens with one attached hydrogen (secondary N) is 1. The molecule has 3 N–H and O–H groups in total. The van der Waals surface area contributed by atoms with Crippen LogP contribution < -0.4 is 11.1 Å². The third-order valence-electron chi connectivity index (χ3n) is 2.33. The average molecular weight is 227 g/mol. The Morgan fingerprint density at radius 1 is 1.12 bits per heavy atom. The second-order valence-electron chi connectivity index (χ2n) is 3.51. The standard InChI is InChI=1S/C13H10FN3/c14-10-5-6-12(9(7-10)8-15)17-13-4-2-1-3-11(13)16/h1-7,17H,16H2. The van der Waals surface area contributed by atoms with E-state index in [0.29, 0.717) is 17.1 Å². The number of para-hydroxylation sites is 2. The summed E-state index contributed by atoms with van der Waals surface area (Å²) >= 11 is 0. The highest BCUT2D eigenvalue weighted by atomic mass is 19.1. The highest BCUT2D eigenvalue weighted by molar-refractivity contribution is 5.74. The second kappa shape index (κ2) is 4.54. The Kier molecular flexibility index (Phi) is 2.93. The minimum absolute atomic E-state index is 0.244. The van der Waals surface area contributed by atoms with E-state index in [-0.39, 0.29) is 5.56 Å². The van der Waals surface area contributed by atoms with E-state index < -0.39 is 5.82 Å². The van der Waals surface area contributed by atoms with Gasteiger partial charge in [-0.05, 0) is 30.3 Å². The summed E-state index contributed by atoms with van der Waals surface area (Å²) in [4.78, 5) is 0. The fourth-order valence-corrected chi connectivity index (χ4v) is 1.47. The van der Waals surface area contributed by atoms with Crippen LogP contribution in [0, 0.1) is 17.1 Å². The number of nitrogens with two attached hydrogens (primary N) is 1. The van der Waals surface area contributed by atoms with Crippen LogP contribution in [0.2, 0.25) is 0 Å². The van der Waals surface area contributed by atoms with Crippen molar-refractivity contribution >= 4 is 17.1 Å². The Morgan fingerprint density at radius 2 is 1.88 bits per heavy atom. The Balaban J connectivity index is 2.37. The average Bonchev–Trinajstić information content (AvgIpc) is 2.34. The van der Waals surface area contributed by atoms with Gasteiger partial charge in [0.1, 0.15) is 11.9 Å². The minimum Gasteiger partial charge on any atom is -0.397 e. The predicted molar refractivity (Wildman–Crippen MR) is 65.3 cm³/mol. The number of nitrogens with zero attached hydrogens (tertiary/aromatic N) is 1. The fourth-order valence-electron chi connectivity index (χ4n) is 1.47. The zero-order chi connectivity index (χ0) is 12.3. The van der Waals surface area contributed by atoms with E-state index in [1.54, 1.807) is 12.1 Å². The third-order valence-corrected chi connectivity index (χ3v) is 2.33. The van der Waals surface area contributed by atoms with Gasteiger partial charge in [0.15, 0.2) is 0 Å². The number of hydrogen-bond acceptors (Lipinski definition) is 3. The summed E-state index contributed by atoms with van der Waals surface area (Å²) < 4.78 is 12.9. The molecule has 4 heteroatoms. The van der Waals surface area contributed by atoms with Crippen molar-refractivity contribution in [1.29, 1.82) is 5.26 Å². The minimum atomic E-state index is -0.437. The summed E-state index contributed by atoms with van der Waals surface area (Å²) in [5.41, 5.74) is 7.81. The molecule has 2 rings (SSSR count). The van der Waals surface area contributed by atoms with Gasteiger partial charge < -0.3 is 11.1 Å². The molecule has 0 amide bonds. The topological polar surface area (TPSA) is 61.8 Å². The number of anilines is 3. The molecule has 84 valence electrons. The van der Waals surface area contributed by atoms with Gasteiger partial charge in [0.2, 0.25) is 0 Å². The van der Waals surface area contributed by atoms with Crippen LogP contribution in [0.15, 0.2) is 42.5 Å². The molecule has 17 heavy (non-hydrogen) atoms. The molecule has 0 saturated heterocycles. The molecule has 0 bridgehead atoms. The number of hydrogen-bond donors (Lipinski definition) is 2. The zero-order valence-corrected chi connectivity index (χ0v) is 8.94. The van der Waals surface area contributed by atoms with Crippen LogP contribution in [0.4, 0.5) is 21.5 Å². The van der Waals surface area contributed by atoms with Crippen LogP contribution in [0.1, 0.15) is 5.56 Å². The van der Waals surface area contributed by atoms with Gasteiger partial charge in [-0.15, -0.1) is 0 Å². The molecule has 0 saturated carbocycles. The lowest BCUT2D eigenvalue weighted by molar-refractivity contribution is 0.627. The van der Waals surface area contributed by atoms with Crippen molar-refractivity contribution in [1.82, 2.24) is 0 Å². The first-order valence-corrected chi connectivity index (χ1v) is 5.02. The molecule has 0 aliphatic heterocycles. The van der Waals surface area contributed by atoms with Gasteiger partial charge in [-0.3, -0.25) is 0 Å². The lowest BCUT2D eigenvalue weighted by atomic mass is 10.1. The van der Waals surface area contributed by atoms with Crippen molar-refractivity contribution in [2.45, 2.75) is 0 Å². The summed E-state index contributed by atoms with van der Waals surface area (Å²) in [6.07, 6.45) is 0. The van der Waals surface area contributed by atoms with E-state index in [1.807, 2.05) is 18.2 Å². The second-order valence-corrected chi connectivity index (χ2v) is 3.51. The Bertz CT molecular complexity index is 587. The van der Waals surface area contributed by atoms with Gasteiger partial charge in [0.25, 0.3) is 0 Å². The highest BCUT2D eigenvalue weighted by Crippen LogP contribution is 2.25. The predicted octanol–water partition coefficient (Wildman–Crippen LogP) is 3.02. The van der Waals surface area contributed by atoms with Crippen LogP contribution in [-0.4, -0.2) is 0 Å². The Hall–Kier alpha value is -2.54. The van der Waals surface area contributed by atoms with Crippen molar-refractivity contribution in [3.05, 3.63) is 53.8 Å². The molecule has 2 aromatic rings. The van der Waals surface area contributed by atoms with Crippen LogP contribution in [0.3, 0.4) is 0 Å². The van der Waals surface area contributed by atoms with Gasteiger partial charge in [0.05, 0.1) is 22.6 Å². The number of nitriles is 1. The first-order valence-electron chi connectivity index (χ1n) is 5.02. The molecule has 0 aliphatic carbocycles. The smallest absolute Gasteiger partial charge is 0.124 e. The first kappa shape index (κ1) is 11.0. The summed E-state index contributed by atoms with van der Waals surface area (Å²) in [5.74, 6) is -0.437. The van der Waals surface area contributed by atoms with Crippen LogP contribution >= 0.6 is 0 Å². The molecule has 0 heterocycles. The van der Waals surface area contributed by atoms with Crippen LogP contribution in [0.25, 0.3) is 0 Å². The molecule has 0 radical (unpaired) electrons. The van der Waals surface area contributed by atoms with Crippen molar-refractivity contribution < 1.29 is 4.39 Å². The van der Waals surface area contributed by atoms with E-state index in [9.17, 15) is 4.39 Å². The number of benzene rings is 2. The summed E-state index contributed by atoms with van der Waals surface area (Å²) in [5, 5.41) is 11.9. The molecule has 0 unspecified atom stereocenters. The molecular weight excluding hydrogens is 217 g/mol. The summed E-state index contributed by atoms with van der Waals surface area (Å²) in [7, 11) is 0. The van der Waals surface area contributed by atoms with Gasteiger partial charge >= 0.3 is 0 Å². The maximum atomic E-state index is 12.9. The van der Waals surface area contributed by atoms with Crippen LogP contribution in [0.5, 0.6) is 0 Å². The van der Waals surface area contributed by atoms with E-state index >= 15 is 0 Å². The van der Waals surface area contributed by atoms with Gasteiger partial charge in [-0.1, -0.05) is 12.1 Å². The van der Waals surface area contributed by atoms with Crippen molar-refractivity contribution in [3.8, 4) is 6.07 Å². The fraction of sp³-hybridized carbons (Fsp3) is 0. The van der Waals surface area contributed by atoms with Crippen molar-refractivity contribution in [2.75, 3.05) is 11.1 Å². The molecular formula is C13H10FN3. The molecule has 0 aliphatic rings. The lowest BCUT2D eigenvalue weighted by Crippen LogP contribution is -1.98. The molecule has 3 nitrogen and oxygen atoms in total. The molecule has 0 aromatic heterocycles. The molecule has 2 aromatic carbocycles. The van der Waals surface area contributed by atoms with E-state index in [0.717, 1.165) is 0 Å². The van der Waals surface area contributed by atoms with Crippen molar-refractivity contribution in [3.63, 3.8) is 0 Å². The highest BCUT2D eigenvalue weighted by Gasteiger charge is 2.05. The van der Waals surface area contributed by atoms with E-state index in [1.165, 1.54) is 18.2 Å². The third kappa shape index (κ3) is 2.34. The number of halogens is 1. The maximum Gasteiger partial charge on any atom is 0.124 e. The molecule has 0 fully saturated rings. The van der Waals surface area contributed by atoms with Crippen LogP contribution in [-0.2, 0) is 0 Å². The maximum absolute atomic E-state index is 12.9. The Labute approximate surface area is 98.3 Å². The summed E-state index contributed by atoms with van der Waals surface area (Å²) in [6, 6.07) is 13.1. The van der Waals surface area contributed by atoms with Gasteiger partial charge in [-0.25, -0.2) is 4.39 Å². The molecule has 0 atom stereocenters. The summed E-state index contributed by atoms with van der Waals surface area (Å²) in [6.45, 7) is 0. The van der Waals surface area contributed by atoms with Crippen molar-refractivity contribution in [2.24, 2.45) is 0 Å². The van der Waals surface area contributed by atoms with Gasteiger partial charge in [-0.2, -0.15) is 5.26 Å². The first-order chi connectivity index (χ1) is 8.20. The lowest BCUT2D eigenvalue weighted by Gasteiger charge is -2.10. The Morgan fingerprint density at radius 3 is 2.59 bits per heavy atom. The zero-order valence-electron chi connectivity index (χ0n) is 8.94. The largest absolute Gasteiger partial charge is 0.397 e. The quantitative estimate of drug-likeness (QED) is 0.775. The van der Waals surface area contributed by atoms with E-state index in [2.05, 4.69) is 5.32 Å². The van der Waals surface area contributed by atoms with E-state index in [4.69, 9.17) is 11.0 Å². The monoisotopic (exact) mass is 227 g/mol. The number of nitrogen functional groups attached to an aromatic ring is 1. The number of rotatable bonds is 2. The SMILES string of the molecule is N#Cc1cc(F)ccc1Nc1ccccc1N. The van der Waals surface area contributed by atoms with Gasteiger partial charge in [0, 0.05) is 0 Å². The molecule has 0 spiro atoms.